The Labute approximate surface area is 160 Å². The molecular formula is C19H18F3N3O2S. The average Bonchev–Trinajstić information content (AvgIpc) is 3.07. The van der Waals surface area contributed by atoms with Crippen LogP contribution in [0.5, 0.6) is 0 Å². The Morgan fingerprint density at radius 2 is 1.57 bits per heavy atom. The molecule has 2 aromatic carbocycles. The van der Waals surface area contributed by atoms with Gasteiger partial charge in [0, 0.05) is 5.56 Å². The van der Waals surface area contributed by atoms with E-state index in [1.807, 2.05) is 26.0 Å². The molecule has 0 amide bonds. The minimum Gasteiger partial charge on any atom is -0.233 e. The van der Waals surface area contributed by atoms with Crippen molar-refractivity contribution in [1.82, 2.24) is 9.78 Å². The maximum atomic E-state index is 13.2. The first-order valence-corrected chi connectivity index (χ1v) is 9.92. The van der Waals surface area contributed by atoms with Crippen molar-refractivity contribution < 1.29 is 21.6 Å². The van der Waals surface area contributed by atoms with E-state index in [4.69, 9.17) is 5.14 Å². The Balaban J connectivity index is 2.13. The van der Waals surface area contributed by atoms with E-state index < -0.39 is 21.9 Å². The topological polar surface area (TPSA) is 78.0 Å². The zero-order valence-corrected chi connectivity index (χ0v) is 15.9. The fraction of sp³-hybridized carbons (Fsp3) is 0.211. The first-order chi connectivity index (χ1) is 13.0. The first-order valence-electron chi connectivity index (χ1n) is 8.37. The smallest absolute Gasteiger partial charge is 0.233 e. The van der Waals surface area contributed by atoms with Crippen LogP contribution >= 0.6 is 0 Å². The van der Waals surface area contributed by atoms with Crippen molar-refractivity contribution in [3.63, 3.8) is 0 Å². The van der Waals surface area contributed by atoms with E-state index in [1.165, 1.54) is 24.3 Å². The molecule has 1 heterocycles. The van der Waals surface area contributed by atoms with Crippen LogP contribution in [0.3, 0.4) is 0 Å². The molecular weight excluding hydrogens is 391 g/mol. The van der Waals surface area contributed by atoms with Crippen LogP contribution in [0.25, 0.3) is 16.9 Å². The summed E-state index contributed by atoms with van der Waals surface area (Å²) in [5, 5.41) is 8.76. The minimum atomic E-state index is -4.61. The highest BCUT2D eigenvalue weighted by molar-refractivity contribution is 7.89. The number of sulfonamides is 1. The number of hydrogen-bond acceptors (Lipinski definition) is 3. The monoisotopic (exact) mass is 409 g/mol. The maximum absolute atomic E-state index is 13.2. The zero-order chi connectivity index (χ0) is 20.7. The molecule has 0 bridgehead atoms. The van der Waals surface area contributed by atoms with Gasteiger partial charge in [-0.05, 0) is 41.8 Å². The summed E-state index contributed by atoms with van der Waals surface area (Å²) in [5.41, 5.74) is 1.11. The van der Waals surface area contributed by atoms with E-state index in [2.05, 4.69) is 5.10 Å². The molecule has 0 aliphatic carbocycles. The molecule has 0 saturated carbocycles. The van der Waals surface area contributed by atoms with Crippen LogP contribution in [-0.2, 0) is 16.2 Å². The van der Waals surface area contributed by atoms with Crippen molar-refractivity contribution in [3.8, 4) is 16.9 Å². The van der Waals surface area contributed by atoms with Gasteiger partial charge in [0.05, 0.1) is 16.3 Å². The fourth-order valence-electron chi connectivity index (χ4n) is 2.74. The van der Waals surface area contributed by atoms with E-state index in [0.717, 1.165) is 16.3 Å². The number of nitrogens with zero attached hydrogens (tertiary/aromatic N) is 2. The molecule has 0 atom stereocenters. The lowest BCUT2D eigenvalue weighted by Gasteiger charge is -2.10. The molecule has 0 spiro atoms. The van der Waals surface area contributed by atoms with Gasteiger partial charge < -0.3 is 0 Å². The standard InChI is InChI=1S/C19H18F3N3O2S/c1-12(2)13-3-5-14(6-4-13)17-11-18(19(20,21)22)24-25(17)15-7-9-16(10-8-15)28(23,26)27/h3-12H,1-2H3,(H2,23,26,27). The Bertz CT molecular complexity index is 1080. The van der Waals surface area contributed by atoms with Gasteiger partial charge in [-0.25, -0.2) is 18.2 Å². The third kappa shape index (κ3) is 4.10. The molecule has 28 heavy (non-hydrogen) atoms. The zero-order valence-electron chi connectivity index (χ0n) is 15.1. The molecule has 0 unspecified atom stereocenters. The predicted octanol–water partition coefficient (Wildman–Crippen LogP) is 4.33. The van der Waals surface area contributed by atoms with Gasteiger partial charge >= 0.3 is 6.18 Å². The summed E-state index contributed by atoms with van der Waals surface area (Å²) < 4.78 is 63.6. The van der Waals surface area contributed by atoms with Crippen LogP contribution in [0.15, 0.2) is 59.5 Å². The van der Waals surface area contributed by atoms with Gasteiger partial charge in [-0.3, -0.25) is 0 Å². The molecule has 2 N–H and O–H groups in total. The van der Waals surface area contributed by atoms with Crippen LogP contribution in [0.4, 0.5) is 13.2 Å². The van der Waals surface area contributed by atoms with Crippen molar-refractivity contribution in [2.45, 2.75) is 30.8 Å². The van der Waals surface area contributed by atoms with Gasteiger partial charge in [0.2, 0.25) is 10.0 Å². The minimum absolute atomic E-state index is 0.137. The summed E-state index contributed by atoms with van der Waals surface area (Å²) in [6.07, 6.45) is -4.61. The third-order valence-electron chi connectivity index (χ3n) is 4.28. The maximum Gasteiger partial charge on any atom is 0.435 e. The molecule has 0 radical (unpaired) electrons. The van der Waals surface area contributed by atoms with Crippen LogP contribution < -0.4 is 5.14 Å². The lowest BCUT2D eigenvalue weighted by atomic mass is 10.0. The number of nitrogens with two attached hydrogens (primary N) is 1. The molecule has 1 aromatic heterocycles. The first kappa shape index (κ1) is 20.1. The van der Waals surface area contributed by atoms with Gasteiger partial charge in [0.15, 0.2) is 5.69 Å². The van der Waals surface area contributed by atoms with Crippen molar-refractivity contribution in [1.29, 1.82) is 0 Å². The Morgan fingerprint density at radius 1 is 1.00 bits per heavy atom. The van der Waals surface area contributed by atoms with E-state index in [-0.39, 0.29) is 22.2 Å². The van der Waals surface area contributed by atoms with Gasteiger partial charge in [-0.2, -0.15) is 18.3 Å². The van der Waals surface area contributed by atoms with Gasteiger partial charge in [0.1, 0.15) is 0 Å². The molecule has 148 valence electrons. The second-order valence-electron chi connectivity index (χ2n) is 6.64. The number of rotatable bonds is 4. The number of aromatic nitrogens is 2. The van der Waals surface area contributed by atoms with Gasteiger partial charge in [-0.1, -0.05) is 38.1 Å². The molecule has 3 rings (SSSR count). The molecule has 5 nitrogen and oxygen atoms in total. The summed E-state index contributed by atoms with van der Waals surface area (Å²) in [6, 6.07) is 13.3. The highest BCUT2D eigenvalue weighted by Crippen LogP contribution is 2.33. The summed E-state index contributed by atoms with van der Waals surface area (Å²) in [4.78, 5) is -0.137. The highest BCUT2D eigenvalue weighted by Gasteiger charge is 2.35. The van der Waals surface area contributed by atoms with Gasteiger partial charge in [0.25, 0.3) is 0 Å². The van der Waals surface area contributed by atoms with E-state index in [1.54, 1.807) is 12.1 Å². The van der Waals surface area contributed by atoms with Crippen LogP contribution in [0, 0.1) is 0 Å². The molecule has 9 heteroatoms. The van der Waals surface area contributed by atoms with E-state index in [9.17, 15) is 21.6 Å². The SMILES string of the molecule is CC(C)c1ccc(-c2cc(C(F)(F)F)nn2-c2ccc(S(N)(=O)=O)cc2)cc1. The molecule has 3 aromatic rings. The van der Waals surface area contributed by atoms with Crippen molar-refractivity contribution in [2.24, 2.45) is 5.14 Å². The van der Waals surface area contributed by atoms with Crippen molar-refractivity contribution in [3.05, 3.63) is 65.9 Å². The predicted molar refractivity (Wildman–Crippen MR) is 99.5 cm³/mol. The van der Waals surface area contributed by atoms with E-state index in [0.29, 0.717) is 5.56 Å². The summed E-state index contributed by atoms with van der Waals surface area (Å²) >= 11 is 0. The number of hydrogen-bond donors (Lipinski definition) is 1. The van der Waals surface area contributed by atoms with Gasteiger partial charge in [-0.15, -0.1) is 0 Å². The van der Waals surface area contributed by atoms with Crippen molar-refractivity contribution >= 4 is 10.0 Å². The second-order valence-corrected chi connectivity index (χ2v) is 8.20. The lowest BCUT2D eigenvalue weighted by Crippen LogP contribution is -2.12. The second kappa shape index (κ2) is 7.06. The summed E-state index contributed by atoms with van der Waals surface area (Å²) in [6.45, 7) is 4.04. The largest absolute Gasteiger partial charge is 0.435 e. The molecule has 0 fully saturated rings. The molecule has 0 aliphatic heterocycles. The number of benzene rings is 2. The lowest BCUT2D eigenvalue weighted by molar-refractivity contribution is -0.141. The van der Waals surface area contributed by atoms with Crippen LogP contribution in [0.2, 0.25) is 0 Å². The summed E-state index contributed by atoms with van der Waals surface area (Å²) in [5.74, 6) is 0.287. The average molecular weight is 409 g/mol. The normalized spacial score (nSPS) is 12.5. The summed E-state index contributed by atoms with van der Waals surface area (Å²) in [7, 11) is -3.90. The third-order valence-corrected chi connectivity index (χ3v) is 5.21. The quantitative estimate of drug-likeness (QED) is 0.697. The number of primary sulfonamides is 1. The number of alkyl halides is 3. The number of halogens is 3. The van der Waals surface area contributed by atoms with E-state index >= 15 is 0 Å². The van der Waals surface area contributed by atoms with Crippen molar-refractivity contribution in [2.75, 3.05) is 0 Å². The highest BCUT2D eigenvalue weighted by atomic mass is 32.2. The molecule has 0 saturated heterocycles. The van der Waals surface area contributed by atoms with Crippen LogP contribution in [0.1, 0.15) is 31.0 Å². The fourth-order valence-corrected chi connectivity index (χ4v) is 3.25. The Kier molecular flexibility index (Phi) is 5.07. The van der Waals surface area contributed by atoms with Crippen LogP contribution in [-0.4, -0.2) is 18.2 Å². The Hall–Kier alpha value is -2.65. The molecule has 0 aliphatic rings. The Morgan fingerprint density at radius 3 is 2.04 bits per heavy atom.